The van der Waals surface area contributed by atoms with Gasteiger partial charge in [0.25, 0.3) is 5.69 Å². The van der Waals surface area contributed by atoms with Crippen molar-refractivity contribution in [2.75, 3.05) is 12.8 Å². The first kappa shape index (κ1) is 14.7. The summed E-state index contributed by atoms with van der Waals surface area (Å²) >= 11 is 0. The molecule has 0 spiro atoms. The molecule has 2 rings (SSSR count). The van der Waals surface area contributed by atoms with Crippen LogP contribution >= 0.6 is 0 Å². The molecule has 1 aliphatic carbocycles. The molecule has 0 bridgehead atoms. The number of hydrogen-bond donors (Lipinski definition) is 1. The number of rotatable bonds is 5. The third-order valence-corrected chi connectivity index (χ3v) is 3.69. The number of methoxy groups -OCH3 is 1. The number of nitrogen functional groups attached to an aromatic ring is 1. The predicted molar refractivity (Wildman–Crippen MR) is 75.4 cm³/mol. The fourth-order valence-corrected chi connectivity index (χ4v) is 2.52. The van der Waals surface area contributed by atoms with Crippen molar-refractivity contribution in [1.29, 1.82) is 0 Å². The maximum atomic E-state index is 10.8. The third-order valence-electron chi connectivity index (χ3n) is 3.69. The van der Waals surface area contributed by atoms with Crippen LogP contribution in [-0.2, 0) is 16.1 Å². The fourth-order valence-electron chi connectivity index (χ4n) is 2.52. The van der Waals surface area contributed by atoms with Crippen LogP contribution in [0.1, 0.15) is 31.2 Å². The van der Waals surface area contributed by atoms with Gasteiger partial charge in [0.15, 0.2) is 0 Å². The lowest BCUT2D eigenvalue weighted by molar-refractivity contribution is -0.384. The van der Waals surface area contributed by atoms with Crippen LogP contribution < -0.4 is 5.73 Å². The molecular weight excluding hydrogens is 260 g/mol. The smallest absolute Gasteiger partial charge is 0.292 e. The molecule has 1 saturated carbocycles. The fraction of sp³-hybridized carbons (Fsp3) is 0.571. The largest absolute Gasteiger partial charge is 0.393 e. The lowest BCUT2D eigenvalue weighted by Crippen LogP contribution is -2.27. The molecular formula is C14H20N2O4. The van der Waals surface area contributed by atoms with E-state index in [0.717, 1.165) is 31.2 Å². The van der Waals surface area contributed by atoms with Gasteiger partial charge in [-0.25, -0.2) is 0 Å². The Morgan fingerprint density at radius 2 is 2.15 bits per heavy atom. The molecule has 0 saturated heterocycles. The second-order valence-electron chi connectivity index (χ2n) is 5.11. The van der Waals surface area contributed by atoms with Gasteiger partial charge in [-0.3, -0.25) is 10.1 Å². The van der Waals surface area contributed by atoms with Gasteiger partial charge in [0.1, 0.15) is 5.69 Å². The first-order chi connectivity index (χ1) is 9.60. The summed E-state index contributed by atoms with van der Waals surface area (Å²) in [6.45, 7) is 0.363. The van der Waals surface area contributed by atoms with Gasteiger partial charge >= 0.3 is 0 Å². The van der Waals surface area contributed by atoms with Crippen LogP contribution in [0.25, 0.3) is 0 Å². The monoisotopic (exact) mass is 280 g/mol. The van der Waals surface area contributed by atoms with Gasteiger partial charge in [-0.1, -0.05) is 6.07 Å². The summed E-state index contributed by atoms with van der Waals surface area (Å²) < 4.78 is 11.2. The lowest BCUT2D eigenvalue weighted by atomic mass is 9.95. The number of ether oxygens (including phenoxy) is 2. The Labute approximate surface area is 118 Å². The molecule has 1 aromatic rings. The summed E-state index contributed by atoms with van der Waals surface area (Å²) in [7, 11) is 1.72. The van der Waals surface area contributed by atoms with Crippen LogP contribution in [0.15, 0.2) is 18.2 Å². The van der Waals surface area contributed by atoms with Gasteiger partial charge in [-0.15, -0.1) is 0 Å². The Bertz CT molecular complexity index is 478. The van der Waals surface area contributed by atoms with E-state index in [1.165, 1.54) is 6.07 Å². The second-order valence-corrected chi connectivity index (χ2v) is 5.11. The Morgan fingerprint density at radius 1 is 1.40 bits per heavy atom. The van der Waals surface area contributed by atoms with Crippen molar-refractivity contribution in [3.8, 4) is 0 Å². The Balaban J connectivity index is 1.93. The van der Waals surface area contributed by atoms with E-state index in [4.69, 9.17) is 15.2 Å². The van der Waals surface area contributed by atoms with Crippen molar-refractivity contribution in [2.24, 2.45) is 0 Å². The highest BCUT2D eigenvalue weighted by Gasteiger charge is 2.22. The summed E-state index contributed by atoms with van der Waals surface area (Å²) in [5, 5.41) is 10.8. The third kappa shape index (κ3) is 3.68. The van der Waals surface area contributed by atoms with E-state index in [9.17, 15) is 10.1 Å². The number of benzene rings is 1. The van der Waals surface area contributed by atoms with E-state index in [0.29, 0.717) is 6.61 Å². The van der Waals surface area contributed by atoms with Gasteiger partial charge in [0.05, 0.1) is 23.7 Å². The summed E-state index contributed by atoms with van der Waals surface area (Å²) in [6, 6.07) is 4.79. The normalized spacial score (nSPS) is 22.6. The minimum absolute atomic E-state index is 0.0653. The highest BCUT2D eigenvalue weighted by atomic mass is 16.6. The van der Waals surface area contributed by atoms with Crippen LogP contribution in [0.3, 0.4) is 0 Å². The second kappa shape index (κ2) is 6.67. The van der Waals surface area contributed by atoms with Crippen molar-refractivity contribution < 1.29 is 14.4 Å². The maximum absolute atomic E-state index is 10.8. The molecule has 0 aliphatic heterocycles. The van der Waals surface area contributed by atoms with Crippen molar-refractivity contribution in [3.63, 3.8) is 0 Å². The van der Waals surface area contributed by atoms with Crippen LogP contribution in [0, 0.1) is 10.1 Å². The summed E-state index contributed by atoms with van der Waals surface area (Å²) in [6.07, 6.45) is 4.47. The van der Waals surface area contributed by atoms with Crippen molar-refractivity contribution >= 4 is 11.4 Å². The number of nitrogens with zero attached hydrogens (tertiary/aromatic N) is 1. The quantitative estimate of drug-likeness (QED) is 0.509. The first-order valence-corrected chi connectivity index (χ1v) is 6.77. The van der Waals surface area contributed by atoms with Crippen LogP contribution in [-0.4, -0.2) is 24.2 Å². The average molecular weight is 280 g/mol. The highest BCUT2D eigenvalue weighted by Crippen LogP contribution is 2.26. The average Bonchev–Trinajstić information content (AvgIpc) is 2.46. The molecule has 0 radical (unpaired) electrons. The number of hydrogen-bond acceptors (Lipinski definition) is 5. The van der Waals surface area contributed by atoms with Crippen LogP contribution in [0.5, 0.6) is 0 Å². The number of anilines is 1. The van der Waals surface area contributed by atoms with Gasteiger partial charge in [0, 0.05) is 13.2 Å². The zero-order valence-corrected chi connectivity index (χ0v) is 11.6. The van der Waals surface area contributed by atoms with E-state index in [-0.39, 0.29) is 23.6 Å². The van der Waals surface area contributed by atoms with E-state index in [1.54, 1.807) is 19.2 Å². The van der Waals surface area contributed by atoms with Crippen LogP contribution in [0.4, 0.5) is 11.4 Å². The molecule has 0 amide bonds. The molecule has 1 aromatic carbocycles. The van der Waals surface area contributed by atoms with Crippen molar-refractivity contribution in [2.45, 2.75) is 44.5 Å². The zero-order valence-electron chi connectivity index (χ0n) is 11.6. The summed E-state index contributed by atoms with van der Waals surface area (Å²) in [4.78, 5) is 10.4. The lowest BCUT2D eigenvalue weighted by Gasteiger charge is -2.28. The molecule has 20 heavy (non-hydrogen) atoms. The van der Waals surface area contributed by atoms with E-state index < -0.39 is 4.92 Å². The molecule has 2 unspecified atom stereocenters. The van der Waals surface area contributed by atoms with E-state index in [2.05, 4.69) is 0 Å². The SMILES string of the molecule is COC1CCCC(OCc2ccc(N)c([N+](=O)[O-])c2)C1. The number of nitro groups is 1. The Hall–Kier alpha value is -1.66. The van der Waals surface area contributed by atoms with E-state index >= 15 is 0 Å². The Kier molecular flexibility index (Phi) is 4.92. The predicted octanol–water partition coefficient (Wildman–Crippen LogP) is 2.65. The van der Waals surface area contributed by atoms with Crippen LogP contribution in [0.2, 0.25) is 0 Å². The molecule has 2 atom stereocenters. The van der Waals surface area contributed by atoms with E-state index in [1.807, 2.05) is 0 Å². The molecule has 110 valence electrons. The standard InChI is InChI=1S/C14H20N2O4/c1-19-11-3-2-4-12(8-11)20-9-10-5-6-13(15)14(7-10)16(17)18/h5-7,11-12H,2-4,8-9,15H2,1H3. The summed E-state index contributed by atoms with van der Waals surface area (Å²) in [5.74, 6) is 0. The maximum Gasteiger partial charge on any atom is 0.292 e. The zero-order chi connectivity index (χ0) is 14.5. The first-order valence-electron chi connectivity index (χ1n) is 6.77. The van der Waals surface area contributed by atoms with Crippen molar-refractivity contribution in [3.05, 3.63) is 33.9 Å². The highest BCUT2D eigenvalue weighted by molar-refractivity contribution is 5.59. The molecule has 2 N–H and O–H groups in total. The minimum Gasteiger partial charge on any atom is -0.393 e. The molecule has 0 aromatic heterocycles. The van der Waals surface area contributed by atoms with Gasteiger partial charge in [-0.05, 0) is 37.3 Å². The molecule has 6 heteroatoms. The number of nitro benzene ring substituents is 1. The van der Waals surface area contributed by atoms with Gasteiger partial charge in [-0.2, -0.15) is 0 Å². The van der Waals surface area contributed by atoms with Gasteiger partial charge in [0.2, 0.25) is 0 Å². The molecule has 6 nitrogen and oxygen atoms in total. The Morgan fingerprint density at radius 3 is 2.85 bits per heavy atom. The molecule has 0 heterocycles. The minimum atomic E-state index is -0.472. The molecule has 1 aliphatic rings. The molecule has 1 fully saturated rings. The number of nitrogens with two attached hydrogens (primary N) is 1. The topological polar surface area (TPSA) is 87.6 Å². The van der Waals surface area contributed by atoms with Crippen molar-refractivity contribution in [1.82, 2.24) is 0 Å². The summed E-state index contributed by atoms with van der Waals surface area (Å²) in [5.41, 5.74) is 6.45. The van der Waals surface area contributed by atoms with Gasteiger partial charge < -0.3 is 15.2 Å².